The van der Waals surface area contributed by atoms with Crippen molar-refractivity contribution in [3.8, 4) is 0 Å². The molecule has 0 aliphatic carbocycles. The first-order valence-electron chi connectivity index (χ1n) is 10.4. The molecule has 2 aromatic carbocycles. The number of aliphatic hydroxyl groups is 4. The van der Waals surface area contributed by atoms with Gasteiger partial charge in [-0.2, -0.15) is 0 Å². The smallest absolute Gasteiger partial charge is 0.186 e. The second-order valence-corrected chi connectivity index (χ2v) is 8.19. The lowest BCUT2D eigenvalue weighted by molar-refractivity contribution is -0.231. The molecule has 0 amide bonds. The summed E-state index contributed by atoms with van der Waals surface area (Å²) in [5.74, 6) is -0.222. The number of aliphatic hydroxyl groups excluding tert-OH is 4. The maximum atomic E-state index is 13.0. The minimum Gasteiger partial charge on any atom is -0.464 e. The molecule has 7 nitrogen and oxygen atoms in total. The highest BCUT2D eigenvalue weighted by atomic mass is 16.5. The molecule has 5 atom stereocenters. The summed E-state index contributed by atoms with van der Waals surface area (Å²) in [6.45, 7) is 3.12. The van der Waals surface area contributed by atoms with Crippen LogP contribution in [0, 0.1) is 13.8 Å². The lowest BCUT2D eigenvalue weighted by Gasteiger charge is -2.40. The summed E-state index contributed by atoms with van der Waals surface area (Å²) in [6.07, 6.45) is -1.52. The normalized spacial score (nSPS) is 26.1. The third kappa shape index (κ3) is 4.13. The van der Waals surface area contributed by atoms with Crippen molar-refractivity contribution in [2.24, 2.45) is 0 Å². The van der Waals surface area contributed by atoms with E-state index in [-0.39, 0.29) is 5.78 Å². The van der Waals surface area contributed by atoms with Crippen LogP contribution in [-0.4, -0.2) is 57.2 Å². The van der Waals surface area contributed by atoms with Gasteiger partial charge in [0.2, 0.25) is 0 Å². The standard InChI is InChI=1S/C25H26O7/c1-13-9-14(2)18(25-24(30)23(29)22(28)21(12-26)32-25)11-17(13)19(27)5-3-15-4-6-20-16(10-15)7-8-31-20/h3-11,21-26,28-30H,12H2,1-2H3/b5-3+. The van der Waals surface area contributed by atoms with E-state index in [4.69, 9.17) is 9.15 Å². The van der Waals surface area contributed by atoms with Gasteiger partial charge in [0.15, 0.2) is 5.78 Å². The maximum absolute atomic E-state index is 13.0. The van der Waals surface area contributed by atoms with Crippen LogP contribution >= 0.6 is 0 Å². The molecule has 32 heavy (non-hydrogen) atoms. The average molecular weight is 438 g/mol. The van der Waals surface area contributed by atoms with Crippen molar-refractivity contribution in [1.82, 2.24) is 0 Å². The van der Waals surface area contributed by atoms with E-state index >= 15 is 0 Å². The molecule has 1 fully saturated rings. The van der Waals surface area contributed by atoms with E-state index in [0.717, 1.165) is 27.7 Å². The van der Waals surface area contributed by atoms with Crippen LogP contribution in [0.1, 0.15) is 38.7 Å². The molecule has 1 aliphatic heterocycles. The number of carbonyl (C=O) groups is 1. The number of carbonyl (C=O) groups excluding carboxylic acids is 1. The molecular weight excluding hydrogens is 412 g/mol. The van der Waals surface area contributed by atoms with Gasteiger partial charge in [-0.05, 0) is 66.4 Å². The summed E-state index contributed by atoms with van der Waals surface area (Å²) in [6, 6.07) is 10.9. The first kappa shape index (κ1) is 22.4. The summed E-state index contributed by atoms with van der Waals surface area (Å²) in [4.78, 5) is 13.0. The topological polar surface area (TPSA) is 120 Å². The fourth-order valence-electron chi connectivity index (χ4n) is 4.15. The van der Waals surface area contributed by atoms with Gasteiger partial charge >= 0.3 is 0 Å². The number of allylic oxidation sites excluding steroid dienone is 1. The Balaban J connectivity index is 1.63. The van der Waals surface area contributed by atoms with Crippen LogP contribution in [0.15, 0.2) is 53.2 Å². The maximum Gasteiger partial charge on any atom is 0.186 e. The Kier molecular flexibility index (Phi) is 6.28. The zero-order valence-corrected chi connectivity index (χ0v) is 17.8. The largest absolute Gasteiger partial charge is 0.464 e. The summed E-state index contributed by atoms with van der Waals surface area (Å²) in [7, 11) is 0. The van der Waals surface area contributed by atoms with Gasteiger partial charge in [0, 0.05) is 10.9 Å². The number of hydrogen-bond acceptors (Lipinski definition) is 7. The monoisotopic (exact) mass is 438 g/mol. The lowest BCUT2D eigenvalue weighted by Crippen LogP contribution is -2.55. The van der Waals surface area contributed by atoms with Gasteiger partial charge in [0.25, 0.3) is 0 Å². The Morgan fingerprint density at radius 1 is 1.00 bits per heavy atom. The van der Waals surface area contributed by atoms with E-state index in [1.807, 2.05) is 44.2 Å². The highest BCUT2D eigenvalue weighted by Crippen LogP contribution is 2.35. The Bertz CT molecular complexity index is 1160. The van der Waals surface area contributed by atoms with Crippen LogP contribution in [0.5, 0.6) is 0 Å². The molecule has 0 spiro atoms. The molecule has 0 radical (unpaired) electrons. The molecule has 0 saturated carbocycles. The first-order chi connectivity index (χ1) is 15.3. The van der Waals surface area contributed by atoms with Gasteiger partial charge in [0.05, 0.1) is 12.9 Å². The summed E-state index contributed by atoms with van der Waals surface area (Å²) in [5.41, 5.74) is 4.10. The van der Waals surface area contributed by atoms with E-state index in [0.29, 0.717) is 11.1 Å². The fourth-order valence-corrected chi connectivity index (χ4v) is 4.15. The first-order valence-corrected chi connectivity index (χ1v) is 10.4. The molecule has 2 heterocycles. The second kappa shape index (κ2) is 8.97. The van der Waals surface area contributed by atoms with E-state index in [1.54, 1.807) is 18.4 Å². The van der Waals surface area contributed by atoms with E-state index < -0.39 is 37.1 Å². The van der Waals surface area contributed by atoms with Gasteiger partial charge in [-0.1, -0.05) is 18.2 Å². The van der Waals surface area contributed by atoms with E-state index in [1.165, 1.54) is 6.08 Å². The molecule has 4 rings (SSSR count). The molecule has 7 heteroatoms. The van der Waals surface area contributed by atoms with Gasteiger partial charge in [-0.15, -0.1) is 0 Å². The molecule has 5 unspecified atom stereocenters. The number of aryl methyl sites for hydroxylation is 2. The van der Waals surface area contributed by atoms with Crippen LogP contribution < -0.4 is 0 Å². The Labute approximate surface area is 185 Å². The Morgan fingerprint density at radius 3 is 2.53 bits per heavy atom. The predicted molar refractivity (Wildman–Crippen MR) is 118 cm³/mol. The molecule has 1 saturated heterocycles. The van der Waals surface area contributed by atoms with Gasteiger partial charge in [-0.25, -0.2) is 0 Å². The second-order valence-electron chi connectivity index (χ2n) is 8.19. The lowest BCUT2D eigenvalue weighted by atomic mass is 9.87. The highest BCUT2D eigenvalue weighted by molar-refractivity contribution is 6.08. The molecule has 0 bridgehead atoms. The Hall–Kier alpha value is -2.81. The number of furan rings is 1. The summed E-state index contributed by atoms with van der Waals surface area (Å²) in [5, 5.41) is 41.1. The Morgan fingerprint density at radius 2 is 1.78 bits per heavy atom. The van der Waals surface area contributed by atoms with Gasteiger partial charge < -0.3 is 29.6 Å². The SMILES string of the molecule is Cc1cc(C)c(C2OC(CO)C(O)C(O)C2O)cc1C(=O)/C=C/c1ccc2occc2c1. The van der Waals surface area contributed by atoms with Crippen LogP contribution in [0.3, 0.4) is 0 Å². The van der Waals surface area contributed by atoms with Crippen molar-refractivity contribution >= 4 is 22.8 Å². The molecule has 4 N–H and O–H groups in total. The summed E-state index contributed by atoms with van der Waals surface area (Å²) >= 11 is 0. The minimum atomic E-state index is -1.48. The van der Waals surface area contributed by atoms with Crippen molar-refractivity contribution in [1.29, 1.82) is 0 Å². The van der Waals surface area contributed by atoms with Crippen molar-refractivity contribution < 1.29 is 34.4 Å². The van der Waals surface area contributed by atoms with E-state index in [9.17, 15) is 25.2 Å². The molecule has 168 valence electrons. The fraction of sp³-hybridized carbons (Fsp3) is 0.320. The van der Waals surface area contributed by atoms with Crippen molar-refractivity contribution in [3.05, 3.63) is 76.6 Å². The number of rotatable bonds is 5. The molecule has 3 aromatic rings. The van der Waals surface area contributed by atoms with Gasteiger partial charge in [0.1, 0.15) is 36.1 Å². The third-order valence-electron chi connectivity index (χ3n) is 5.98. The molecular formula is C25H26O7. The number of ether oxygens (including phenoxy) is 1. The zero-order valence-electron chi connectivity index (χ0n) is 17.8. The van der Waals surface area contributed by atoms with Crippen LogP contribution in [0.2, 0.25) is 0 Å². The highest BCUT2D eigenvalue weighted by Gasteiger charge is 2.44. The number of hydrogen-bond donors (Lipinski definition) is 4. The number of benzene rings is 2. The van der Waals surface area contributed by atoms with Crippen LogP contribution in [-0.2, 0) is 4.74 Å². The number of fused-ring (bicyclic) bond motifs is 1. The van der Waals surface area contributed by atoms with Gasteiger partial charge in [-0.3, -0.25) is 4.79 Å². The zero-order chi connectivity index (χ0) is 23.0. The average Bonchev–Trinajstić information content (AvgIpc) is 3.25. The quantitative estimate of drug-likeness (QED) is 0.357. The van der Waals surface area contributed by atoms with E-state index in [2.05, 4.69) is 0 Å². The van der Waals surface area contributed by atoms with Crippen LogP contribution in [0.25, 0.3) is 17.0 Å². The summed E-state index contributed by atoms with van der Waals surface area (Å²) < 4.78 is 11.0. The van der Waals surface area contributed by atoms with Crippen molar-refractivity contribution in [3.63, 3.8) is 0 Å². The molecule has 1 aromatic heterocycles. The van der Waals surface area contributed by atoms with Crippen LogP contribution in [0.4, 0.5) is 0 Å². The predicted octanol–water partition coefficient (Wildman–Crippen LogP) is 2.46. The molecule has 1 aliphatic rings. The number of ketones is 1. The van der Waals surface area contributed by atoms with Crippen molar-refractivity contribution in [2.45, 2.75) is 44.4 Å². The third-order valence-corrected chi connectivity index (χ3v) is 5.98. The minimum absolute atomic E-state index is 0.222. The van der Waals surface area contributed by atoms with Crippen molar-refractivity contribution in [2.75, 3.05) is 6.61 Å².